The molecule has 0 amide bonds. The average molecular weight is 405 g/mol. The number of nitro groups is 1. The Balaban J connectivity index is 2.04. The Labute approximate surface area is 166 Å². The topological polar surface area (TPSA) is 78.7 Å². The SMILES string of the molecule is CCOC(=O)C[C@H]1Oc2ccccc2[C@@H](Sc2ccc(F)cc2)[C@]1(C)[N+](=O)[O-]. The van der Waals surface area contributed by atoms with Crippen LogP contribution >= 0.6 is 11.8 Å². The maximum absolute atomic E-state index is 13.3. The monoisotopic (exact) mass is 405 g/mol. The number of nitrogens with zero attached hydrogens (tertiary/aromatic N) is 1. The molecule has 1 aliphatic rings. The van der Waals surface area contributed by atoms with E-state index in [4.69, 9.17) is 9.47 Å². The number of hydrogen-bond donors (Lipinski definition) is 0. The zero-order valence-electron chi connectivity index (χ0n) is 15.5. The predicted molar refractivity (Wildman–Crippen MR) is 103 cm³/mol. The Morgan fingerprint density at radius 1 is 1.29 bits per heavy atom. The summed E-state index contributed by atoms with van der Waals surface area (Å²) in [7, 11) is 0. The number of rotatable bonds is 6. The van der Waals surface area contributed by atoms with Gasteiger partial charge in [-0.1, -0.05) is 18.2 Å². The Bertz CT molecular complexity index is 875. The molecule has 6 nitrogen and oxygen atoms in total. The van der Waals surface area contributed by atoms with Gasteiger partial charge >= 0.3 is 5.97 Å². The Morgan fingerprint density at radius 3 is 2.61 bits per heavy atom. The minimum absolute atomic E-state index is 0.186. The van der Waals surface area contributed by atoms with Crippen LogP contribution in [0.2, 0.25) is 0 Å². The van der Waals surface area contributed by atoms with E-state index in [1.807, 2.05) is 0 Å². The van der Waals surface area contributed by atoms with Gasteiger partial charge < -0.3 is 9.47 Å². The third-order valence-electron chi connectivity index (χ3n) is 4.77. The Kier molecular flexibility index (Phi) is 5.88. The van der Waals surface area contributed by atoms with Gasteiger partial charge in [0.15, 0.2) is 6.10 Å². The lowest BCUT2D eigenvalue weighted by Crippen LogP contribution is -2.56. The van der Waals surface area contributed by atoms with E-state index in [1.165, 1.54) is 30.8 Å². The fraction of sp³-hybridized carbons (Fsp3) is 0.350. The standard InChI is InChI=1S/C20H20FNO5S/c1-3-26-18(23)12-17-20(2,22(24)25)19(15-6-4-5-7-16(15)27-17)28-14-10-8-13(21)9-11-14/h4-11,17,19H,3,12H2,1-2H3/t17-,19-,20-/m1/s1. The van der Waals surface area contributed by atoms with Gasteiger partial charge in [-0.15, -0.1) is 11.8 Å². The van der Waals surface area contributed by atoms with Crippen molar-refractivity contribution in [1.82, 2.24) is 0 Å². The van der Waals surface area contributed by atoms with Crippen molar-refractivity contribution >= 4 is 17.7 Å². The molecule has 1 aliphatic heterocycles. The molecule has 3 rings (SSSR count). The molecule has 0 aliphatic carbocycles. The maximum atomic E-state index is 13.3. The van der Waals surface area contributed by atoms with Crippen LogP contribution in [0.1, 0.15) is 31.1 Å². The summed E-state index contributed by atoms with van der Waals surface area (Å²) in [5.41, 5.74) is -0.934. The second-order valence-corrected chi connectivity index (χ2v) is 7.77. The molecule has 0 saturated heterocycles. The zero-order chi connectivity index (χ0) is 20.3. The van der Waals surface area contributed by atoms with E-state index in [-0.39, 0.29) is 18.8 Å². The van der Waals surface area contributed by atoms with E-state index < -0.39 is 27.8 Å². The van der Waals surface area contributed by atoms with E-state index in [0.29, 0.717) is 16.2 Å². The number of benzene rings is 2. The fourth-order valence-corrected chi connectivity index (χ4v) is 4.59. The van der Waals surface area contributed by atoms with Crippen molar-refractivity contribution in [2.75, 3.05) is 6.61 Å². The molecule has 148 valence electrons. The van der Waals surface area contributed by atoms with Crippen molar-refractivity contribution in [2.45, 2.75) is 42.1 Å². The molecule has 0 saturated carbocycles. The molecule has 0 unspecified atom stereocenters. The lowest BCUT2D eigenvalue weighted by molar-refractivity contribution is -0.578. The lowest BCUT2D eigenvalue weighted by Gasteiger charge is -2.40. The summed E-state index contributed by atoms with van der Waals surface area (Å²) in [6.45, 7) is 3.34. The molecule has 0 bridgehead atoms. The smallest absolute Gasteiger partial charge is 0.309 e. The molecule has 0 aromatic heterocycles. The van der Waals surface area contributed by atoms with Gasteiger partial charge in [0, 0.05) is 22.3 Å². The first-order chi connectivity index (χ1) is 13.4. The van der Waals surface area contributed by atoms with E-state index in [1.54, 1.807) is 43.3 Å². The summed E-state index contributed by atoms with van der Waals surface area (Å²) in [4.78, 5) is 24.5. The number of carbonyl (C=O) groups excluding carboxylic acids is 1. The van der Waals surface area contributed by atoms with E-state index >= 15 is 0 Å². The quantitative estimate of drug-likeness (QED) is 0.402. The van der Waals surface area contributed by atoms with Crippen LogP contribution in [0.5, 0.6) is 5.75 Å². The van der Waals surface area contributed by atoms with Gasteiger partial charge in [0.1, 0.15) is 16.8 Å². The van der Waals surface area contributed by atoms with Gasteiger partial charge in [0.2, 0.25) is 0 Å². The maximum Gasteiger partial charge on any atom is 0.309 e. The highest BCUT2D eigenvalue weighted by atomic mass is 32.2. The van der Waals surface area contributed by atoms with E-state index in [9.17, 15) is 19.3 Å². The number of esters is 1. The van der Waals surface area contributed by atoms with Crippen LogP contribution in [0, 0.1) is 15.9 Å². The van der Waals surface area contributed by atoms with Crippen LogP contribution < -0.4 is 4.74 Å². The van der Waals surface area contributed by atoms with Crippen LogP contribution in [0.25, 0.3) is 0 Å². The van der Waals surface area contributed by atoms with E-state index in [2.05, 4.69) is 0 Å². The molecule has 8 heteroatoms. The van der Waals surface area contributed by atoms with Crippen LogP contribution in [0.15, 0.2) is 53.4 Å². The normalized spacial score (nSPS) is 23.4. The van der Waals surface area contributed by atoms with Crippen LogP contribution in [-0.4, -0.2) is 29.1 Å². The molecule has 1 heterocycles. The van der Waals surface area contributed by atoms with Crippen LogP contribution in [-0.2, 0) is 9.53 Å². The first-order valence-electron chi connectivity index (χ1n) is 8.84. The van der Waals surface area contributed by atoms with Gasteiger partial charge in [0.25, 0.3) is 5.54 Å². The summed E-state index contributed by atoms with van der Waals surface area (Å²) in [5.74, 6) is -0.435. The zero-order valence-corrected chi connectivity index (χ0v) is 16.3. The first-order valence-corrected chi connectivity index (χ1v) is 9.72. The third-order valence-corrected chi connectivity index (χ3v) is 6.28. The number of ether oxygens (including phenoxy) is 2. The van der Waals surface area contributed by atoms with Gasteiger partial charge in [-0.2, -0.15) is 0 Å². The fourth-order valence-electron chi connectivity index (χ4n) is 3.23. The molecular formula is C20H20FNO5S. The molecular weight excluding hydrogens is 385 g/mol. The predicted octanol–water partition coefficient (Wildman–Crippen LogP) is 4.41. The van der Waals surface area contributed by atoms with Gasteiger partial charge in [-0.25, -0.2) is 4.39 Å². The molecule has 0 N–H and O–H groups in total. The minimum Gasteiger partial charge on any atom is -0.482 e. The number of hydrogen-bond acceptors (Lipinski definition) is 6. The minimum atomic E-state index is -1.60. The second-order valence-electron chi connectivity index (χ2n) is 6.59. The van der Waals surface area contributed by atoms with Crippen molar-refractivity contribution in [2.24, 2.45) is 0 Å². The van der Waals surface area contributed by atoms with Crippen LogP contribution in [0.3, 0.4) is 0 Å². The molecule has 2 aromatic rings. The average Bonchev–Trinajstić information content (AvgIpc) is 2.66. The number of fused-ring (bicyclic) bond motifs is 1. The van der Waals surface area contributed by atoms with Crippen molar-refractivity contribution in [3.63, 3.8) is 0 Å². The highest BCUT2D eigenvalue weighted by molar-refractivity contribution is 7.99. The second kappa shape index (κ2) is 8.18. The summed E-state index contributed by atoms with van der Waals surface area (Å²) in [6, 6.07) is 12.9. The van der Waals surface area contributed by atoms with E-state index in [0.717, 1.165) is 0 Å². The first kappa shape index (κ1) is 20.1. The number of thioether (sulfide) groups is 1. The molecule has 2 aromatic carbocycles. The van der Waals surface area contributed by atoms with Crippen molar-refractivity contribution in [3.8, 4) is 5.75 Å². The van der Waals surface area contributed by atoms with Crippen molar-refractivity contribution < 1.29 is 23.6 Å². The summed E-state index contributed by atoms with van der Waals surface area (Å²) in [6.07, 6.45) is -1.24. The number of para-hydroxylation sites is 1. The number of halogens is 1. The molecule has 0 spiro atoms. The van der Waals surface area contributed by atoms with Gasteiger partial charge in [-0.3, -0.25) is 14.9 Å². The molecule has 28 heavy (non-hydrogen) atoms. The van der Waals surface area contributed by atoms with Gasteiger partial charge in [0.05, 0.1) is 13.0 Å². The van der Waals surface area contributed by atoms with Crippen LogP contribution in [0.4, 0.5) is 4.39 Å². The highest BCUT2D eigenvalue weighted by Gasteiger charge is 2.59. The lowest BCUT2D eigenvalue weighted by atomic mass is 9.83. The van der Waals surface area contributed by atoms with Gasteiger partial charge in [-0.05, 0) is 37.3 Å². The Hall–Kier alpha value is -2.61. The Morgan fingerprint density at radius 2 is 1.96 bits per heavy atom. The third kappa shape index (κ3) is 3.82. The molecule has 3 atom stereocenters. The van der Waals surface area contributed by atoms with Crippen molar-refractivity contribution in [3.05, 3.63) is 70.0 Å². The van der Waals surface area contributed by atoms with Crippen molar-refractivity contribution in [1.29, 1.82) is 0 Å². The largest absolute Gasteiger partial charge is 0.482 e. The summed E-state index contributed by atoms with van der Waals surface area (Å²) >= 11 is 1.25. The molecule has 0 radical (unpaired) electrons. The number of carbonyl (C=O) groups is 1. The summed E-state index contributed by atoms with van der Waals surface area (Å²) < 4.78 is 24.2. The summed E-state index contributed by atoms with van der Waals surface area (Å²) in [5, 5.41) is 11.5. The molecule has 0 fully saturated rings. The highest BCUT2D eigenvalue weighted by Crippen LogP contribution is 2.53.